The maximum atomic E-state index is 12.3. The standard InChI is InChI=1S/C17H22N2O4/c1-12-17(21)19(14-6-2-3-7-15(14)23-12)9-8-16(20)18-11-13-5-4-10-22-13/h2-3,6-7,12-13H,4-5,8-11H2,1H3,(H,18,20)/t12-,13+/m0/s1. The largest absolute Gasteiger partial charge is 0.479 e. The van der Waals surface area contributed by atoms with E-state index in [0.717, 1.165) is 25.1 Å². The summed E-state index contributed by atoms with van der Waals surface area (Å²) < 4.78 is 11.1. The average Bonchev–Trinajstić information content (AvgIpc) is 3.07. The molecule has 0 radical (unpaired) electrons. The van der Waals surface area contributed by atoms with Gasteiger partial charge in [-0.25, -0.2) is 0 Å². The van der Waals surface area contributed by atoms with Crippen molar-refractivity contribution in [3.8, 4) is 5.75 Å². The molecule has 2 aliphatic rings. The molecule has 0 aromatic heterocycles. The third-order valence-electron chi connectivity index (χ3n) is 4.19. The summed E-state index contributed by atoms with van der Waals surface area (Å²) in [6, 6.07) is 7.40. The van der Waals surface area contributed by atoms with Crippen LogP contribution in [0.3, 0.4) is 0 Å². The number of hydrogen-bond acceptors (Lipinski definition) is 4. The van der Waals surface area contributed by atoms with E-state index in [0.29, 0.717) is 18.8 Å². The Kier molecular flexibility index (Phi) is 4.81. The van der Waals surface area contributed by atoms with Crippen LogP contribution in [-0.2, 0) is 14.3 Å². The Balaban J connectivity index is 1.56. The van der Waals surface area contributed by atoms with E-state index < -0.39 is 6.10 Å². The van der Waals surface area contributed by atoms with Crippen molar-refractivity contribution in [1.82, 2.24) is 5.32 Å². The van der Waals surface area contributed by atoms with Gasteiger partial charge in [0.05, 0.1) is 11.8 Å². The summed E-state index contributed by atoms with van der Waals surface area (Å²) in [7, 11) is 0. The topological polar surface area (TPSA) is 67.9 Å². The molecular formula is C17H22N2O4. The third-order valence-corrected chi connectivity index (χ3v) is 4.19. The molecule has 0 bridgehead atoms. The third kappa shape index (κ3) is 3.64. The van der Waals surface area contributed by atoms with Gasteiger partial charge in [0.2, 0.25) is 5.91 Å². The minimum absolute atomic E-state index is 0.0649. The predicted molar refractivity (Wildman–Crippen MR) is 85.5 cm³/mol. The van der Waals surface area contributed by atoms with Crippen LogP contribution >= 0.6 is 0 Å². The maximum Gasteiger partial charge on any atom is 0.267 e. The van der Waals surface area contributed by atoms with Crippen molar-refractivity contribution in [3.05, 3.63) is 24.3 Å². The zero-order chi connectivity index (χ0) is 16.2. The number of amides is 2. The first-order chi connectivity index (χ1) is 11.1. The molecule has 0 unspecified atom stereocenters. The predicted octanol–water partition coefficient (Wildman–Crippen LogP) is 1.49. The van der Waals surface area contributed by atoms with Crippen LogP contribution in [0.2, 0.25) is 0 Å². The molecule has 6 nitrogen and oxygen atoms in total. The summed E-state index contributed by atoms with van der Waals surface area (Å²) in [6.45, 7) is 3.39. The summed E-state index contributed by atoms with van der Waals surface area (Å²) >= 11 is 0. The van der Waals surface area contributed by atoms with Crippen LogP contribution in [0.4, 0.5) is 5.69 Å². The van der Waals surface area contributed by atoms with Crippen molar-refractivity contribution in [2.24, 2.45) is 0 Å². The number of nitrogens with zero attached hydrogens (tertiary/aromatic N) is 1. The summed E-state index contributed by atoms with van der Waals surface area (Å²) in [5, 5.41) is 2.88. The first-order valence-electron chi connectivity index (χ1n) is 8.10. The molecule has 0 saturated carbocycles. The number of ether oxygens (including phenoxy) is 2. The number of nitrogens with one attached hydrogen (secondary N) is 1. The zero-order valence-electron chi connectivity index (χ0n) is 13.3. The van der Waals surface area contributed by atoms with E-state index in [1.807, 2.05) is 24.3 Å². The first kappa shape index (κ1) is 15.8. The van der Waals surface area contributed by atoms with Gasteiger partial charge in [0.1, 0.15) is 5.75 Å². The van der Waals surface area contributed by atoms with Gasteiger partial charge in [-0.1, -0.05) is 12.1 Å². The van der Waals surface area contributed by atoms with Gasteiger partial charge in [0.15, 0.2) is 6.10 Å². The number of benzene rings is 1. The number of carbonyl (C=O) groups is 2. The van der Waals surface area contributed by atoms with Crippen molar-refractivity contribution in [3.63, 3.8) is 0 Å². The summed E-state index contributed by atoms with van der Waals surface area (Å²) in [6.07, 6.45) is 1.91. The molecule has 2 amide bonds. The molecule has 3 rings (SSSR count). The van der Waals surface area contributed by atoms with Crippen LogP contribution < -0.4 is 15.0 Å². The molecule has 124 valence electrons. The fourth-order valence-electron chi connectivity index (χ4n) is 2.92. The molecule has 1 N–H and O–H groups in total. The second kappa shape index (κ2) is 7.00. The molecule has 6 heteroatoms. The van der Waals surface area contributed by atoms with Gasteiger partial charge in [0.25, 0.3) is 5.91 Å². The lowest BCUT2D eigenvalue weighted by Crippen LogP contribution is -2.46. The van der Waals surface area contributed by atoms with E-state index >= 15 is 0 Å². The number of anilines is 1. The highest BCUT2D eigenvalue weighted by Crippen LogP contribution is 2.33. The van der Waals surface area contributed by atoms with E-state index in [4.69, 9.17) is 9.47 Å². The molecule has 1 aromatic rings. The summed E-state index contributed by atoms with van der Waals surface area (Å²) in [5.41, 5.74) is 0.725. The van der Waals surface area contributed by atoms with E-state index in [9.17, 15) is 9.59 Å². The van der Waals surface area contributed by atoms with Gasteiger partial charge < -0.3 is 19.7 Å². The second-order valence-corrected chi connectivity index (χ2v) is 5.91. The highest BCUT2D eigenvalue weighted by molar-refractivity contribution is 6.00. The van der Waals surface area contributed by atoms with Crippen molar-refractivity contribution in [1.29, 1.82) is 0 Å². The maximum absolute atomic E-state index is 12.3. The van der Waals surface area contributed by atoms with Gasteiger partial charge in [-0.2, -0.15) is 0 Å². The molecule has 1 saturated heterocycles. The molecule has 23 heavy (non-hydrogen) atoms. The molecule has 2 aliphatic heterocycles. The number of rotatable bonds is 5. The Morgan fingerprint density at radius 2 is 2.22 bits per heavy atom. The van der Waals surface area contributed by atoms with Gasteiger partial charge in [-0.15, -0.1) is 0 Å². The lowest BCUT2D eigenvalue weighted by molar-refractivity contribution is -0.125. The molecular weight excluding hydrogens is 296 g/mol. The Hall–Kier alpha value is -2.08. The molecule has 1 aromatic carbocycles. The molecule has 0 spiro atoms. The molecule has 2 heterocycles. The Labute approximate surface area is 135 Å². The molecule has 0 aliphatic carbocycles. The quantitative estimate of drug-likeness (QED) is 0.893. The fourth-order valence-corrected chi connectivity index (χ4v) is 2.92. The van der Waals surface area contributed by atoms with Crippen molar-refractivity contribution in [2.45, 2.75) is 38.4 Å². The fraction of sp³-hybridized carbons (Fsp3) is 0.529. The summed E-state index contributed by atoms with van der Waals surface area (Å²) in [4.78, 5) is 26.0. The van der Waals surface area contributed by atoms with E-state index in [1.165, 1.54) is 0 Å². The molecule has 1 fully saturated rings. The van der Waals surface area contributed by atoms with Gasteiger partial charge in [0, 0.05) is 26.1 Å². The highest BCUT2D eigenvalue weighted by Gasteiger charge is 2.31. The summed E-state index contributed by atoms with van der Waals surface area (Å²) in [5.74, 6) is 0.500. The Morgan fingerprint density at radius 1 is 1.39 bits per heavy atom. The Morgan fingerprint density at radius 3 is 3.00 bits per heavy atom. The number of para-hydroxylation sites is 2. The van der Waals surface area contributed by atoms with E-state index in [2.05, 4.69) is 5.32 Å². The number of fused-ring (bicyclic) bond motifs is 1. The van der Waals surface area contributed by atoms with Crippen LogP contribution in [0, 0.1) is 0 Å². The van der Waals surface area contributed by atoms with Crippen LogP contribution in [0.1, 0.15) is 26.2 Å². The lowest BCUT2D eigenvalue weighted by atomic mass is 10.1. The monoisotopic (exact) mass is 318 g/mol. The van der Waals surface area contributed by atoms with Crippen LogP contribution in [0.15, 0.2) is 24.3 Å². The number of carbonyl (C=O) groups excluding carboxylic acids is 2. The lowest BCUT2D eigenvalue weighted by Gasteiger charge is -2.32. The van der Waals surface area contributed by atoms with Gasteiger partial charge in [-0.3, -0.25) is 9.59 Å². The van der Waals surface area contributed by atoms with Crippen molar-refractivity contribution in [2.75, 3.05) is 24.6 Å². The SMILES string of the molecule is C[C@@H]1Oc2ccccc2N(CCC(=O)NC[C@H]2CCCO2)C1=O. The van der Waals surface area contributed by atoms with Crippen LogP contribution in [0.25, 0.3) is 0 Å². The minimum Gasteiger partial charge on any atom is -0.479 e. The van der Waals surface area contributed by atoms with E-state index in [-0.39, 0.29) is 24.3 Å². The highest BCUT2D eigenvalue weighted by atomic mass is 16.5. The number of hydrogen-bond donors (Lipinski definition) is 1. The zero-order valence-corrected chi connectivity index (χ0v) is 13.3. The Bertz CT molecular complexity index is 584. The smallest absolute Gasteiger partial charge is 0.267 e. The molecule has 2 atom stereocenters. The van der Waals surface area contributed by atoms with Crippen molar-refractivity contribution >= 4 is 17.5 Å². The van der Waals surface area contributed by atoms with Crippen molar-refractivity contribution < 1.29 is 19.1 Å². The second-order valence-electron chi connectivity index (χ2n) is 5.91. The normalized spacial score (nSPS) is 23.3. The average molecular weight is 318 g/mol. The van der Waals surface area contributed by atoms with Crippen LogP contribution in [-0.4, -0.2) is 43.7 Å². The van der Waals surface area contributed by atoms with E-state index in [1.54, 1.807) is 11.8 Å². The van der Waals surface area contributed by atoms with Gasteiger partial charge >= 0.3 is 0 Å². The van der Waals surface area contributed by atoms with Gasteiger partial charge in [-0.05, 0) is 31.9 Å². The minimum atomic E-state index is -0.528. The van der Waals surface area contributed by atoms with Crippen LogP contribution in [0.5, 0.6) is 5.75 Å². The first-order valence-corrected chi connectivity index (χ1v) is 8.10.